The van der Waals surface area contributed by atoms with Gasteiger partial charge in [0.05, 0.1) is 17.6 Å². The Morgan fingerprint density at radius 3 is 2.95 bits per heavy atom. The summed E-state index contributed by atoms with van der Waals surface area (Å²) in [6.45, 7) is 4.60. The topological polar surface area (TPSA) is 39.4 Å². The highest BCUT2D eigenvalue weighted by molar-refractivity contribution is 5.84. The summed E-state index contributed by atoms with van der Waals surface area (Å²) in [5.41, 5.74) is 1.96. The van der Waals surface area contributed by atoms with Gasteiger partial charge in [-0.25, -0.2) is 0 Å². The zero-order chi connectivity index (χ0) is 15.5. The third-order valence-electron chi connectivity index (χ3n) is 3.64. The van der Waals surface area contributed by atoms with Crippen molar-refractivity contribution in [1.29, 1.82) is 0 Å². The van der Waals surface area contributed by atoms with Gasteiger partial charge >= 0.3 is 0 Å². The third-order valence-corrected chi connectivity index (χ3v) is 3.64. The number of allylic oxidation sites excluding steroid dienone is 6. The van der Waals surface area contributed by atoms with E-state index in [9.17, 15) is 4.79 Å². The molecule has 0 amide bonds. The maximum Gasteiger partial charge on any atom is 0.200 e. The highest BCUT2D eigenvalue weighted by Crippen LogP contribution is 2.23. The molecule has 0 N–H and O–H groups in total. The molecule has 1 unspecified atom stereocenters. The summed E-state index contributed by atoms with van der Waals surface area (Å²) in [6.07, 6.45) is 11.6. The molecule has 0 fully saturated rings. The van der Waals surface area contributed by atoms with Crippen LogP contribution in [0.25, 0.3) is 16.5 Å². The Morgan fingerprint density at radius 1 is 1.27 bits per heavy atom. The molecule has 1 aliphatic rings. The standard InChI is InChI=1S/C19H18O3/c1-3-21-15-9-10-16-18(11-15)22-12-17(19(16)20)14-6-4-5-13(2)7-8-14/h4-13H,3H2,1-2H3. The Balaban J connectivity index is 2.09. The van der Waals surface area contributed by atoms with Gasteiger partial charge in [-0.3, -0.25) is 4.79 Å². The summed E-state index contributed by atoms with van der Waals surface area (Å²) in [4.78, 5) is 12.7. The van der Waals surface area contributed by atoms with E-state index in [1.807, 2.05) is 25.2 Å². The lowest BCUT2D eigenvalue weighted by atomic mass is 10.0. The second-order valence-corrected chi connectivity index (χ2v) is 5.29. The van der Waals surface area contributed by atoms with Crippen LogP contribution in [0.4, 0.5) is 0 Å². The zero-order valence-electron chi connectivity index (χ0n) is 12.7. The molecule has 1 aromatic carbocycles. The molecule has 0 spiro atoms. The number of ether oxygens (including phenoxy) is 1. The molecule has 3 heteroatoms. The van der Waals surface area contributed by atoms with Gasteiger partial charge in [0.2, 0.25) is 0 Å². The first-order valence-electron chi connectivity index (χ1n) is 7.44. The van der Waals surface area contributed by atoms with Crippen LogP contribution in [0.3, 0.4) is 0 Å². The molecule has 3 nitrogen and oxygen atoms in total. The van der Waals surface area contributed by atoms with Crippen LogP contribution in [0, 0.1) is 5.92 Å². The Kier molecular flexibility index (Phi) is 3.96. The van der Waals surface area contributed by atoms with Gasteiger partial charge in [-0.15, -0.1) is 0 Å². The normalized spacial score (nSPS) is 17.4. The summed E-state index contributed by atoms with van der Waals surface area (Å²) in [6, 6.07) is 5.31. The lowest BCUT2D eigenvalue weighted by Gasteiger charge is -2.06. The number of benzene rings is 1. The summed E-state index contributed by atoms with van der Waals surface area (Å²) in [7, 11) is 0. The zero-order valence-corrected chi connectivity index (χ0v) is 12.7. The molecule has 1 atom stereocenters. The Hall–Kier alpha value is -2.55. The molecule has 1 heterocycles. The highest BCUT2D eigenvalue weighted by Gasteiger charge is 2.11. The maximum atomic E-state index is 12.7. The van der Waals surface area contributed by atoms with Crippen molar-refractivity contribution in [2.45, 2.75) is 13.8 Å². The predicted octanol–water partition coefficient (Wildman–Crippen LogP) is 4.34. The Bertz CT molecular complexity index is 837. The second kappa shape index (κ2) is 6.06. The fourth-order valence-electron chi connectivity index (χ4n) is 2.45. The summed E-state index contributed by atoms with van der Waals surface area (Å²) in [5.74, 6) is 1.06. The molecule has 0 saturated carbocycles. The summed E-state index contributed by atoms with van der Waals surface area (Å²) in [5, 5.41) is 0.566. The van der Waals surface area contributed by atoms with Gasteiger partial charge in [0, 0.05) is 6.07 Å². The highest BCUT2D eigenvalue weighted by atomic mass is 16.5. The van der Waals surface area contributed by atoms with E-state index in [2.05, 4.69) is 19.1 Å². The lowest BCUT2D eigenvalue weighted by molar-refractivity contribution is 0.340. The van der Waals surface area contributed by atoms with E-state index in [1.165, 1.54) is 6.26 Å². The van der Waals surface area contributed by atoms with E-state index < -0.39 is 0 Å². The molecule has 3 rings (SSSR count). The van der Waals surface area contributed by atoms with Gasteiger partial charge in [-0.1, -0.05) is 37.3 Å². The van der Waals surface area contributed by atoms with Crippen LogP contribution < -0.4 is 10.2 Å². The molecule has 0 bridgehead atoms. The van der Waals surface area contributed by atoms with Gasteiger partial charge in [-0.05, 0) is 30.5 Å². The maximum absolute atomic E-state index is 12.7. The van der Waals surface area contributed by atoms with Gasteiger partial charge in [-0.2, -0.15) is 0 Å². The Morgan fingerprint density at radius 2 is 2.14 bits per heavy atom. The van der Waals surface area contributed by atoms with Crippen molar-refractivity contribution in [3.8, 4) is 5.75 Å². The minimum Gasteiger partial charge on any atom is -0.494 e. The molecule has 22 heavy (non-hydrogen) atoms. The number of rotatable bonds is 3. The third kappa shape index (κ3) is 2.75. The number of fused-ring (bicyclic) bond motifs is 1. The number of hydrogen-bond donors (Lipinski definition) is 0. The van der Waals surface area contributed by atoms with Crippen LogP contribution in [0.2, 0.25) is 0 Å². The monoisotopic (exact) mass is 294 g/mol. The molecule has 0 radical (unpaired) electrons. The van der Waals surface area contributed by atoms with E-state index in [1.54, 1.807) is 18.2 Å². The average Bonchev–Trinajstić information content (AvgIpc) is 2.73. The van der Waals surface area contributed by atoms with Crippen LogP contribution in [-0.2, 0) is 0 Å². The van der Waals surface area contributed by atoms with Crippen molar-refractivity contribution in [3.63, 3.8) is 0 Å². The van der Waals surface area contributed by atoms with Crippen molar-refractivity contribution >= 4 is 16.5 Å². The Labute approximate surface area is 129 Å². The first kappa shape index (κ1) is 14.4. The van der Waals surface area contributed by atoms with Gasteiger partial charge in [0.1, 0.15) is 17.6 Å². The summed E-state index contributed by atoms with van der Waals surface area (Å²) >= 11 is 0. The van der Waals surface area contributed by atoms with E-state index in [0.717, 1.165) is 5.57 Å². The van der Waals surface area contributed by atoms with Gasteiger partial charge in [0.25, 0.3) is 0 Å². The molecule has 1 aromatic heterocycles. The SMILES string of the molecule is CCOc1ccc2c(=O)c(C3=CC=CC(C)C=C3)coc2c1. The second-order valence-electron chi connectivity index (χ2n) is 5.29. The van der Waals surface area contributed by atoms with Crippen molar-refractivity contribution in [1.82, 2.24) is 0 Å². The molecule has 1 aliphatic carbocycles. The molecule has 0 aliphatic heterocycles. The minimum atomic E-state index is -0.0249. The largest absolute Gasteiger partial charge is 0.494 e. The van der Waals surface area contributed by atoms with E-state index in [0.29, 0.717) is 34.8 Å². The van der Waals surface area contributed by atoms with Crippen LogP contribution in [0.5, 0.6) is 5.75 Å². The fraction of sp³-hybridized carbons (Fsp3) is 0.211. The summed E-state index contributed by atoms with van der Waals surface area (Å²) < 4.78 is 11.1. The van der Waals surface area contributed by atoms with Crippen molar-refractivity contribution in [2.24, 2.45) is 5.92 Å². The van der Waals surface area contributed by atoms with Crippen LogP contribution >= 0.6 is 0 Å². The molecular formula is C19H18O3. The first-order chi connectivity index (χ1) is 10.7. The van der Waals surface area contributed by atoms with Crippen LogP contribution in [0.15, 0.2) is 64.1 Å². The average molecular weight is 294 g/mol. The quantitative estimate of drug-likeness (QED) is 0.845. The lowest BCUT2D eigenvalue weighted by Crippen LogP contribution is -2.07. The molecule has 0 saturated heterocycles. The minimum absolute atomic E-state index is 0.0249. The predicted molar refractivity (Wildman–Crippen MR) is 89.1 cm³/mol. The van der Waals surface area contributed by atoms with Gasteiger partial charge < -0.3 is 9.15 Å². The van der Waals surface area contributed by atoms with Crippen LogP contribution in [-0.4, -0.2) is 6.61 Å². The molecular weight excluding hydrogens is 276 g/mol. The first-order valence-corrected chi connectivity index (χ1v) is 7.44. The van der Waals surface area contributed by atoms with Crippen molar-refractivity contribution in [2.75, 3.05) is 6.61 Å². The number of hydrogen-bond acceptors (Lipinski definition) is 3. The van der Waals surface area contributed by atoms with Crippen molar-refractivity contribution in [3.05, 3.63) is 70.6 Å². The van der Waals surface area contributed by atoms with E-state index >= 15 is 0 Å². The smallest absolute Gasteiger partial charge is 0.200 e. The van der Waals surface area contributed by atoms with Crippen molar-refractivity contribution < 1.29 is 9.15 Å². The van der Waals surface area contributed by atoms with E-state index in [-0.39, 0.29) is 5.43 Å². The fourth-order valence-corrected chi connectivity index (χ4v) is 2.45. The van der Waals surface area contributed by atoms with Gasteiger partial charge in [0.15, 0.2) is 5.43 Å². The van der Waals surface area contributed by atoms with E-state index in [4.69, 9.17) is 9.15 Å². The van der Waals surface area contributed by atoms with Crippen LogP contribution in [0.1, 0.15) is 19.4 Å². The molecule has 112 valence electrons. The molecule has 2 aromatic rings.